The second-order valence-corrected chi connectivity index (χ2v) is 8.07. The van der Waals surface area contributed by atoms with Crippen LogP contribution in [0.1, 0.15) is 63.5 Å². The number of piperidine rings is 1. The molecule has 1 aromatic rings. The van der Waals surface area contributed by atoms with Gasteiger partial charge in [-0.05, 0) is 31.7 Å². The van der Waals surface area contributed by atoms with Crippen LogP contribution in [0.15, 0.2) is 24.3 Å². The van der Waals surface area contributed by atoms with Crippen molar-refractivity contribution in [3.63, 3.8) is 0 Å². The zero-order valence-corrected chi connectivity index (χ0v) is 16.7. The van der Waals surface area contributed by atoms with E-state index in [9.17, 15) is 9.90 Å². The van der Waals surface area contributed by atoms with Gasteiger partial charge in [-0.25, -0.2) is 0 Å². The first-order valence-electron chi connectivity index (χ1n) is 10.4. The zero-order valence-electron chi connectivity index (χ0n) is 16.7. The molecule has 27 heavy (non-hydrogen) atoms. The van der Waals surface area contributed by atoms with Gasteiger partial charge in [-0.1, -0.05) is 44.4 Å². The topological polar surface area (TPSA) is 61.8 Å². The fraction of sp³-hybridized carbons (Fsp3) is 0.682. The minimum absolute atomic E-state index is 0.0112. The van der Waals surface area contributed by atoms with Crippen molar-refractivity contribution in [3.05, 3.63) is 29.8 Å². The molecule has 3 atom stereocenters. The SMILES string of the molecule is CCCCNC(=O)CN1CC[C@@]2(O)CCCC[C@@H]2[C@@H]1c1ccccc1OC. The highest BCUT2D eigenvalue weighted by atomic mass is 16.5. The van der Waals surface area contributed by atoms with Gasteiger partial charge in [-0.15, -0.1) is 0 Å². The molecule has 3 rings (SSSR count). The summed E-state index contributed by atoms with van der Waals surface area (Å²) in [6.45, 7) is 3.96. The number of carbonyl (C=O) groups is 1. The van der Waals surface area contributed by atoms with E-state index < -0.39 is 5.60 Å². The third-order valence-corrected chi connectivity index (χ3v) is 6.33. The van der Waals surface area contributed by atoms with E-state index in [1.54, 1.807) is 7.11 Å². The van der Waals surface area contributed by atoms with Crippen LogP contribution < -0.4 is 10.1 Å². The fourth-order valence-electron chi connectivity index (χ4n) is 4.89. The lowest BCUT2D eigenvalue weighted by molar-refractivity contribution is -0.138. The van der Waals surface area contributed by atoms with E-state index in [2.05, 4.69) is 23.2 Å². The molecule has 5 heteroatoms. The molecule has 0 radical (unpaired) electrons. The molecule has 1 amide bonds. The molecule has 0 bridgehead atoms. The van der Waals surface area contributed by atoms with Gasteiger partial charge < -0.3 is 15.2 Å². The Labute approximate surface area is 163 Å². The molecule has 1 aromatic carbocycles. The van der Waals surface area contributed by atoms with Crippen LogP contribution in [-0.4, -0.2) is 48.3 Å². The summed E-state index contributed by atoms with van der Waals surface area (Å²) in [7, 11) is 1.69. The van der Waals surface area contributed by atoms with E-state index in [1.165, 1.54) is 0 Å². The lowest BCUT2D eigenvalue weighted by atomic mass is 9.66. The van der Waals surface area contributed by atoms with Crippen LogP contribution in [0.3, 0.4) is 0 Å². The summed E-state index contributed by atoms with van der Waals surface area (Å²) in [6.07, 6.45) is 6.89. The maximum Gasteiger partial charge on any atom is 0.234 e. The minimum Gasteiger partial charge on any atom is -0.496 e. The predicted octanol–water partition coefficient (Wildman–Crippen LogP) is 3.28. The van der Waals surface area contributed by atoms with Crippen molar-refractivity contribution >= 4 is 5.91 Å². The summed E-state index contributed by atoms with van der Waals surface area (Å²) in [4.78, 5) is 14.8. The zero-order chi connectivity index (χ0) is 19.3. The van der Waals surface area contributed by atoms with Gasteiger partial charge in [0.15, 0.2) is 0 Å². The fourth-order valence-corrected chi connectivity index (χ4v) is 4.89. The van der Waals surface area contributed by atoms with E-state index in [0.717, 1.165) is 69.3 Å². The van der Waals surface area contributed by atoms with Crippen LogP contribution >= 0.6 is 0 Å². The predicted molar refractivity (Wildman–Crippen MR) is 107 cm³/mol. The van der Waals surface area contributed by atoms with Crippen LogP contribution in [0.2, 0.25) is 0 Å². The third kappa shape index (κ3) is 4.46. The van der Waals surface area contributed by atoms with Gasteiger partial charge in [-0.2, -0.15) is 0 Å². The van der Waals surface area contributed by atoms with Gasteiger partial charge in [0.25, 0.3) is 0 Å². The first-order chi connectivity index (χ1) is 13.1. The van der Waals surface area contributed by atoms with Crippen molar-refractivity contribution < 1.29 is 14.6 Å². The minimum atomic E-state index is -0.626. The van der Waals surface area contributed by atoms with Gasteiger partial charge in [0, 0.05) is 30.6 Å². The number of methoxy groups -OCH3 is 1. The first kappa shape index (κ1) is 20.2. The molecule has 1 aliphatic carbocycles. The molecule has 2 fully saturated rings. The summed E-state index contributed by atoms with van der Waals surface area (Å²) in [5.74, 6) is 1.05. The molecule has 1 saturated carbocycles. The lowest BCUT2D eigenvalue weighted by Crippen LogP contribution is -2.56. The smallest absolute Gasteiger partial charge is 0.234 e. The van der Waals surface area contributed by atoms with E-state index >= 15 is 0 Å². The molecule has 2 N–H and O–H groups in total. The largest absolute Gasteiger partial charge is 0.496 e. The Morgan fingerprint density at radius 2 is 2.15 bits per heavy atom. The van der Waals surface area contributed by atoms with Crippen molar-refractivity contribution in [2.45, 2.75) is 63.5 Å². The molecule has 0 unspecified atom stereocenters. The number of benzene rings is 1. The van der Waals surface area contributed by atoms with Crippen molar-refractivity contribution in [2.24, 2.45) is 5.92 Å². The number of unbranched alkanes of at least 4 members (excludes halogenated alkanes) is 1. The molecular weight excluding hydrogens is 340 g/mol. The van der Waals surface area contributed by atoms with E-state index in [1.807, 2.05) is 18.2 Å². The number of nitrogens with zero attached hydrogens (tertiary/aromatic N) is 1. The van der Waals surface area contributed by atoms with Gasteiger partial charge in [0.05, 0.1) is 19.3 Å². The molecule has 150 valence electrons. The van der Waals surface area contributed by atoms with E-state index in [0.29, 0.717) is 6.54 Å². The van der Waals surface area contributed by atoms with Crippen LogP contribution in [0.25, 0.3) is 0 Å². The Balaban J connectivity index is 1.86. The second-order valence-electron chi connectivity index (χ2n) is 8.07. The molecule has 1 saturated heterocycles. The number of para-hydroxylation sites is 1. The number of rotatable bonds is 7. The quantitative estimate of drug-likeness (QED) is 0.719. The molecule has 0 spiro atoms. The third-order valence-electron chi connectivity index (χ3n) is 6.33. The van der Waals surface area contributed by atoms with Gasteiger partial charge in [-0.3, -0.25) is 9.69 Å². The van der Waals surface area contributed by atoms with E-state index in [4.69, 9.17) is 4.74 Å². The second kappa shape index (κ2) is 9.07. The van der Waals surface area contributed by atoms with Crippen LogP contribution in [-0.2, 0) is 4.79 Å². The number of hydrogen-bond donors (Lipinski definition) is 2. The average Bonchev–Trinajstić information content (AvgIpc) is 2.68. The summed E-state index contributed by atoms with van der Waals surface area (Å²) in [6, 6.07) is 8.07. The average molecular weight is 375 g/mol. The number of fused-ring (bicyclic) bond motifs is 1. The Bertz CT molecular complexity index is 636. The number of hydrogen-bond acceptors (Lipinski definition) is 4. The molecule has 5 nitrogen and oxygen atoms in total. The summed E-state index contributed by atoms with van der Waals surface area (Å²) >= 11 is 0. The van der Waals surface area contributed by atoms with Gasteiger partial charge in [0.1, 0.15) is 5.75 Å². The number of likely N-dealkylation sites (tertiary alicyclic amines) is 1. The molecule has 2 aliphatic rings. The lowest BCUT2D eigenvalue weighted by Gasteiger charge is -2.52. The Kier molecular flexibility index (Phi) is 6.77. The highest BCUT2D eigenvalue weighted by Crippen LogP contribution is 2.50. The molecule has 0 aromatic heterocycles. The van der Waals surface area contributed by atoms with Crippen molar-refractivity contribution in [3.8, 4) is 5.75 Å². The van der Waals surface area contributed by atoms with Crippen molar-refractivity contribution in [1.82, 2.24) is 10.2 Å². The Morgan fingerprint density at radius 3 is 2.93 bits per heavy atom. The van der Waals surface area contributed by atoms with Crippen LogP contribution in [0, 0.1) is 5.92 Å². The maximum absolute atomic E-state index is 12.5. The number of nitrogens with one attached hydrogen (secondary N) is 1. The van der Waals surface area contributed by atoms with Crippen LogP contribution in [0.5, 0.6) is 5.75 Å². The first-order valence-corrected chi connectivity index (χ1v) is 10.4. The van der Waals surface area contributed by atoms with Crippen molar-refractivity contribution in [1.29, 1.82) is 0 Å². The van der Waals surface area contributed by atoms with Crippen LogP contribution in [0.4, 0.5) is 0 Å². The highest BCUT2D eigenvalue weighted by molar-refractivity contribution is 5.78. The van der Waals surface area contributed by atoms with E-state index in [-0.39, 0.29) is 17.9 Å². The van der Waals surface area contributed by atoms with Crippen molar-refractivity contribution in [2.75, 3.05) is 26.7 Å². The highest BCUT2D eigenvalue weighted by Gasteiger charge is 2.49. The standard InChI is InChI=1S/C22H34N2O3/c1-3-4-14-23-20(25)16-24-15-13-22(26)12-8-7-10-18(22)21(24)17-9-5-6-11-19(17)27-2/h5-6,9,11,18,21,26H,3-4,7-8,10,12-16H2,1-2H3,(H,23,25)/t18-,21+,22+/m1/s1. The molecule has 1 heterocycles. The maximum atomic E-state index is 12.5. The normalized spacial score (nSPS) is 28.4. The number of amides is 1. The monoisotopic (exact) mass is 374 g/mol. The number of ether oxygens (including phenoxy) is 1. The number of carbonyl (C=O) groups excluding carboxylic acids is 1. The number of aliphatic hydroxyl groups is 1. The summed E-state index contributed by atoms with van der Waals surface area (Å²) in [5.41, 5.74) is 0.463. The van der Waals surface area contributed by atoms with Gasteiger partial charge in [0.2, 0.25) is 5.91 Å². The summed E-state index contributed by atoms with van der Waals surface area (Å²) in [5, 5.41) is 14.4. The summed E-state index contributed by atoms with van der Waals surface area (Å²) < 4.78 is 5.64. The molecular formula is C22H34N2O3. The van der Waals surface area contributed by atoms with Gasteiger partial charge >= 0.3 is 0 Å². The molecule has 1 aliphatic heterocycles. The Hall–Kier alpha value is -1.59. The Morgan fingerprint density at radius 1 is 1.33 bits per heavy atom.